The third-order valence-electron chi connectivity index (χ3n) is 3.75. The smallest absolute Gasteiger partial charge is 0.326 e. The molecule has 1 atom stereocenters. The zero-order valence-corrected chi connectivity index (χ0v) is 12.4. The number of nitrogens with one attached hydrogen (secondary N) is 1. The number of carboxylic acid groups (broad SMARTS) is 1. The summed E-state index contributed by atoms with van der Waals surface area (Å²) < 4.78 is 5.48. The maximum Gasteiger partial charge on any atom is 0.326 e. The van der Waals surface area contributed by atoms with Gasteiger partial charge in [-0.15, -0.1) is 0 Å². The van der Waals surface area contributed by atoms with Crippen LogP contribution < -0.4 is 0 Å². The fourth-order valence-corrected chi connectivity index (χ4v) is 2.40. The van der Waals surface area contributed by atoms with E-state index in [-0.39, 0.29) is 17.6 Å². The van der Waals surface area contributed by atoms with Gasteiger partial charge >= 0.3 is 5.97 Å². The van der Waals surface area contributed by atoms with Crippen LogP contribution in [0.15, 0.2) is 22.6 Å². The van der Waals surface area contributed by atoms with Crippen LogP contribution in [0.3, 0.4) is 0 Å². The van der Waals surface area contributed by atoms with Crippen molar-refractivity contribution < 1.29 is 19.1 Å². The van der Waals surface area contributed by atoms with Gasteiger partial charge in [-0.1, -0.05) is 0 Å². The van der Waals surface area contributed by atoms with Crippen molar-refractivity contribution in [3.63, 3.8) is 0 Å². The van der Waals surface area contributed by atoms with Gasteiger partial charge in [0.1, 0.15) is 17.5 Å². The van der Waals surface area contributed by atoms with Gasteiger partial charge in [-0.2, -0.15) is 5.10 Å². The Kier molecular flexibility index (Phi) is 3.48. The second-order valence-corrected chi connectivity index (χ2v) is 5.53. The van der Waals surface area contributed by atoms with E-state index < -0.39 is 12.0 Å². The number of aromatic amines is 1. The Morgan fingerprint density at radius 2 is 2.18 bits per heavy atom. The zero-order chi connectivity index (χ0) is 15.9. The van der Waals surface area contributed by atoms with Crippen molar-refractivity contribution >= 4 is 11.9 Å². The number of carbonyl (C=O) groups is 2. The highest BCUT2D eigenvalue weighted by molar-refractivity contribution is 5.96. The molecule has 0 saturated heterocycles. The minimum Gasteiger partial charge on any atom is -0.480 e. The summed E-state index contributed by atoms with van der Waals surface area (Å²) in [4.78, 5) is 25.2. The number of rotatable bonds is 5. The monoisotopic (exact) mass is 303 g/mol. The van der Waals surface area contributed by atoms with Gasteiger partial charge in [0, 0.05) is 12.1 Å². The molecule has 0 bridgehead atoms. The van der Waals surface area contributed by atoms with E-state index in [2.05, 4.69) is 10.2 Å². The third kappa shape index (κ3) is 2.61. The molecule has 3 rings (SSSR count). The van der Waals surface area contributed by atoms with Gasteiger partial charge in [0.2, 0.25) is 0 Å². The Bertz CT molecular complexity index is 714. The van der Waals surface area contributed by atoms with E-state index >= 15 is 0 Å². The van der Waals surface area contributed by atoms with E-state index in [0.717, 1.165) is 18.6 Å². The highest BCUT2D eigenvalue weighted by Gasteiger charge is 2.39. The molecule has 1 amide bonds. The SMILES string of the molecule is Cc1ccc(-c2cc(C(=O)N(C3CC3)C(C)C(=O)O)n[nH]2)o1. The highest BCUT2D eigenvalue weighted by Crippen LogP contribution is 2.30. The van der Waals surface area contributed by atoms with Crippen molar-refractivity contribution in [1.82, 2.24) is 15.1 Å². The molecule has 1 fully saturated rings. The molecule has 116 valence electrons. The van der Waals surface area contributed by atoms with Crippen LogP contribution in [0.5, 0.6) is 0 Å². The number of carbonyl (C=O) groups excluding carboxylic acids is 1. The molecule has 1 aliphatic carbocycles. The number of aromatic nitrogens is 2. The molecule has 0 aliphatic heterocycles. The number of aryl methyl sites for hydroxylation is 1. The van der Waals surface area contributed by atoms with E-state index in [1.165, 1.54) is 11.8 Å². The Balaban J connectivity index is 1.85. The van der Waals surface area contributed by atoms with Crippen LogP contribution in [0, 0.1) is 6.92 Å². The standard InChI is InChI=1S/C15H17N3O4/c1-8-3-6-13(22-8)11-7-12(17-16-11)14(19)18(10-4-5-10)9(2)15(20)21/h3,6-7,9-10H,4-5H2,1-2H3,(H,16,17)(H,20,21). The fourth-order valence-electron chi connectivity index (χ4n) is 2.40. The quantitative estimate of drug-likeness (QED) is 0.880. The minimum absolute atomic E-state index is 0.00962. The number of hydrogen-bond donors (Lipinski definition) is 2. The number of furan rings is 1. The van der Waals surface area contributed by atoms with Crippen LogP contribution in [0.4, 0.5) is 0 Å². The predicted molar refractivity (Wildman–Crippen MR) is 77.3 cm³/mol. The first-order valence-corrected chi connectivity index (χ1v) is 7.15. The largest absolute Gasteiger partial charge is 0.480 e. The number of hydrogen-bond acceptors (Lipinski definition) is 4. The van der Waals surface area contributed by atoms with E-state index in [1.54, 1.807) is 12.1 Å². The van der Waals surface area contributed by atoms with Gasteiger partial charge in [0.15, 0.2) is 11.5 Å². The van der Waals surface area contributed by atoms with Crippen LogP contribution in [-0.4, -0.2) is 44.2 Å². The van der Waals surface area contributed by atoms with Gasteiger partial charge in [-0.3, -0.25) is 9.89 Å². The Hall–Kier alpha value is -2.57. The minimum atomic E-state index is -1.02. The van der Waals surface area contributed by atoms with Crippen LogP contribution in [0.1, 0.15) is 36.0 Å². The summed E-state index contributed by atoms with van der Waals surface area (Å²) in [6.07, 6.45) is 1.66. The van der Waals surface area contributed by atoms with E-state index in [9.17, 15) is 14.7 Å². The maximum absolute atomic E-state index is 12.6. The van der Waals surface area contributed by atoms with Crippen LogP contribution >= 0.6 is 0 Å². The molecule has 2 heterocycles. The molecular formula is C15H17N3O4. The second-order valence-electron chi connectivity index (χ2n) is 5.53. The van der Waals surface area contributed by atoms with Gasteiger partial charge in [-0.25, -0.2) is 4.79 Å². The molecule has 0 radical (unpaired) electrons. The summed E-state index contributed by atoms with van der Waals surface area (Å²) in [6, 6.07) is 4.32. The normalized spacial score (nSPS) is 15.5. The Morgan fingerprint density at radius 1 is 1.45 bits per heavy atom. The number of carboxylic acids is 1. The summed E-state index contributed by atoms with van der Waals surface area (Å²) in [5.41, 5.74) is 0.791. The van der Waals surface area contributed by atoms with Crippen LogP contribution in [0.2, 0.25) is 0 Å². The summed E-state index contributed by atoms with van der Waals surface area (Å²) >= 11 is 0. The molecule has 1 unspecified atom stereocenters. The first-order chi connectivity index (χ1) is 10.5. The zero-order valence-electron chi connectivity index (χ0n) is 12.4. The van der Waals surface area contributed by atoms with E-state index in [0.29, 0.717) is 11.5 Å². The third-order valence-corrected chi connectivity index (χ3v) is 3.75. The van der Waals surface area contributed by atoms with Gasteiger partial charge in [0.05, 0.1) is 0 Å². The highest BCUT2D eigenvalue weighted by atomic mass is 16.4. The lowest BCUT2D eigenvalue weighted by molar-refractivity contribution is -0.141. The van der Waals surface area contributed by atoms with Crippen LogP contribution in [0.25, 0.3) is 11.5 Å². The molecule has 22 heavy (non-hydrogen) atoms. The summed E-state index contributed by atoms with van der Waals surface area (Å²) in [5, 5.41) is 15.9. The van der Waals surface area contributed by atoms with Crippen molar-refractivity contribution in [3.05, 3.63) is 29.7 Å². The predicted octanol–water partition coefficient (Wildman–Crippen LogP) is 2.06. The number of amides is 1. The molecule has 2 N–H and O–H groups in total. The lowest BCUT2D eigenvalue weighted by atomic mass is 10.2. The van der Waals surface area contributed by atoms with Crippen molar-refractivity contribution in [2.24, 2.45) is 0 Å². The topological polar surface area (TPSA) is 99.4 Å². The number of aliphatic carboxylic acids is 1. The second kappa shape index (κ2) is 5.32. The van der Waals surface area contributed by atoms with E-state index in [1.807, 2.05) is 13.0 Å². The lowest BCUT2D eigenvalue weighted by Crippen LogP contribution is -2.44. The Morgan fingerprint density at radius 3 is 2.73 bits per heavy atom. The summed E-state index contributed by atoms with van der Waals surface area (Å²) in [6.45, 7) is 3.34. The molecule has 2 aromatic heterocycles. The molecule has 7 nitrogen and oxygen atoms in total. The van der Waals surface area contributed by atoms with Crippen molar-refractivity contribution in [3.8, 4) is 11.5 Å². The van der Waals surface area contributed by atoms with Gasteiger partial charge in [0.25, 0.3) is 5.91 Å². The molecular weight excluding hydrogens is 286 g/mol. The fraction of sp³-hybridized carbons (Fsp3) is 0.400. The average Bonchev–Trinajstić information content (AvgIpc) is 3.01. The molecule has 0 aromatic carbocycles. The Labute approximate surface area is 126 Å². The molecule has 0 spiro atoms. The van der Waals surface area contributed by atoms with E-state index in [4.69, 9.17) is 4.42 Å². The van der Waals surface area contributed by atoms with Crippen molar-refractivity contribution in [2.75, 3.05) is 0 Å². The lowest BCUT2D eigenvalue weighted by Gasteiger charge is -2.25. The molecule has 1 aliphatic rings. The summed E-state index contributed by atoms with van der Waals surface area (Å²) in [7, 11) is 0. The van der Waals surface area contributed by atoms with Gasteiger partial charge in [-0.05, 0) is 38.8 Å². The average molecular weight is 303 g/mol. The number of H-pyrrole nitrogens is 1. The summed E-state index contributed by atoms with van der Waals surface area (Å²) in [5.74, 6) is -0.0364. The first kappa shape index (κ1) is 14.4. The number of nitrogens with zero attached hydrogens (tertiary/aromatic N) is 2. The first-order valence-electron chi connectivity index (χ1n) is 7.15. The van der Waals surface area contributed by atoms with Crippen LogP contribution in [-0.2, 0) is 4.79 Å². The van der Waals surface area contributed by atoms with Crippen molar-refractivity contribution in [1.29, 1.82) is 0 Å². The molecule has 1 saturated carbocycles. The van der Waals surface area contributed by atoms with Gasteiger partial charge < -0.3 is 14.4 Å². The maximum atomic E-state index is 12.6. The van der Waals surface area contributed by atoms with Crippen molar-refractivity contribution in [2.45, 2.75) is 38.8 Å². The molecule has 2 aromatic rings. The molecule has 7 heteroatoms.